The van der Waals surface area contributed by atoms with Crippen molar-refractivity contribution in [1.29, 1.82) is 0 Å². The van der Waals surface area contributed by atoms with Gasteiger partial charge in [0.2, 0.25) is 0 Å². The Morgan fingerprint density at radius 2 is 2.33 bits per heavy atom. The van der Waals surface area contributed by atoms with Gasteiger partial charge in [-0.3, -0.25) is 5.10 Å². The summed E-state index contributed by atoms with van der Waals surface area (Å²) in [5.41, 5.74) is 0.817. The van der Waals surface area contributed by atoms with Gasteiger partial charge >= 0.3 is 0 Å². The monoisotopic (exact) mass is 184 g/mol. The zero-order valence-electron chi connectivity index (χ0n) is 6.53. The van der Waals surface area contributed by atoms with Crippen LogP contribution in [0.3, 0.4) is 0 Å². The highest BCUT2D eigenvalue weighted by molar-refractivity contribution is 5.86. The second-order valence-electron chi connectivity index (χ2n) is 2.22. The smallest absolute Gasteiger partial charge is 0.157 e. The quantitative estimate of drug-likeness (QED) is 0.705. The average molecular weight is 185 g/mol. The third-order valence-electron chi connectivity index (χ3n) is 1.57. The zero-order valence-corrected chi connectivity index (χ0v) is 7.35. The first-order valence-electron chi connectivity index (χ1n) is 3.38. The summed E-state index contributed by atoms with van der Waals surface area (Å²) in [6.07, 6.45) is 1.74. The molecule has 0 aliphatic rings. The van der Waals surface area contributed by atoms with Crippen LogP contribution in [0.4, 0.5) is 5.82 Å². The van der Waals surface area contributed by atoms with Crippen molar-refractivity contribution >= 4 is 29.3 Å². The van der Waals surface area contributed by atoms with E-state index < -0.39 is 0 Å². The van der Waals surface area contributed by atoms with Crippen LogP contribution in [-0.2, 0) is 0 Å². The molecule has 2 aromatic rings. The molecular formula is C7H9ClN4. The Morgan fingerprint density at radius 1 is 1.50 bits per heavy atom. The van der Waals surface area contributed by atoms with Crippen LogP contribution in [0.2, 0.25) is 0 Å². The van der Waals surface area contributed by atoms with E-state index in [4.69, 9.17) is 0 Å². The van der Waals surface area contributed by atoms with E-state index in [0.29, 0.717) is 0 Å². The van der Waals surface area contributed by atoms with Gasteiger partial charge in [0.25, 0.3) is 0 Å². The van der Waals surface area contributed by atoms with E-state index >= 15 is 0 Å². The molecule has 0 spiro atoms. The van der Waals surface area contributed by atoms with Crippen LogP contribution in [0.15, 0.2) is 18.3 Å². The van der Waals surface area contributed by atoms with Crippen LogP contribution in [0, 0.1) is 0 Å². The number of H-pyrrole nitrogens is 1. The van der Waals surface area contributed by atoms with E-state index in [9.17, 15) is 0 Å². The Labute approximate surface area is 75.8 Å². The van der Waals surface area contributed by atoms with Gasteiger partial charge in [0.05, 0.1) is 5.39 Å². The van der Waals surface area contributed by atoms with Crippen molar-refractivity contribution in [2.45, 2.75) is 0 Å². The van der Waals surface area contributed by atoms with Crippen LogP contribution in [-0.4, -0.2) is 22.2 Å². The number of anilines is 1. The van der Waals surface area contributed by atoms with Crippen molar-refractivity contribution in [3.05, 3.63) is 18.3 Å². The number of fused-ring (bicyclic) bond motifs is 1. The van der Waals surface area contributed by atoms with Crippen LogP contribution in [0.25, 0.3) is 11.0 Å². The largest absolute Gasteiger partial charge is 0.371 e. The maximum absolute atomic E-state index is 4.09. The maximum Gasteiger partial charge on any atom is 0.157 e. The standard InChI is InChI=1S/C7H8N4.ClH/c1-8-6-5-3-2-4-9-7(5)11-10-6;/h2-4H,1H3,(H2,8,9,10,11);1H. The van der Waals surface area contributed by atoms with Gasteiger partial charge < -0.3 is 5.32 Å². The van der Waals surface area contributed by atoms with Gasteiger partial charge in [-0.25, -0.2) is 4.98 Å². The molecule has 5 heteroatoms. The molecule has 0 aliphatic carbocycles. The van der Waals surface area contributed by atoms with E-state index in [2.05, 4.69) is 20.5 Å². The first-order valence-corrected chi connectivity index (χ1v) is 3.38. The lowest BCUT2D eigenvalue weighted by molar-refractivity contribution is 1.09. The van der Waals surface area contributed by atoms with Gasteiger partial charge in [-0.05, 0) is 12.1 Å². The van der Waals surface area contributed by atoms with Gasteiger partial charge in [0, 0.05) is 13.2 Å². The summed E-state index contributed by atoms with van der Waals surface area (Å²) in [5, 5.41) is 10.8. The molecule has 0 radical (unpaired) electrons. The number of pyridine rings is 1. The Hall–Kier alpha value is -1.29. The highest BCUT2D eigenvalue weighted by Gasteiger charge is 2.01. The van der Waals surface area contributed by atoms with Crippen LogP contribution >= 0.6 is 12.4 Å². The minimum Gasteiger partial charge on any atom is -0.371 e. The van der Waals surface area contributed by atoms with Crippen LogP contribution in [0.5, 0.6) is 0 Å². The Kier molecular flexibility index (Phi) is 2.50. The Morgan fingerprint density at radius 3 is 3.08 bits per heavy atom. The normalized spacial score (nSPS) is 9.42. The molecular weight excluding hydrogens is 176 g/mol. The van der Waals surface area contributed by atoms with Gasteiger partial charge in [-0.2, -0.15) is 5.10 Å². The van der Waals surface area contributed by atoms with E-state index in [1.807, 2.05) is 19.2 Å². The molecule has 2 aromatic heterocycles. The number of aromatic nitrogens is 3. The number of nitrogens with one attached hydrogen (secondary N) is 2. The molecule has 0 saturated carbocycles. The summed E-state index contributed by atoms with van der Waals surface area (Å²) < 4.78 is 0. The number of rotatable bonds is 1. The Bertz CT molecular complexity index is 370. The molecule has 0 fully saturated rings. The molecule has 2 N–H and O–H groups in total. The molecule has 0 amide bonds. The fourth-order valence-corrected chi connectivity index (χ4v) is 1.05. The number of halogens is 1. The summed E-state index contributed by atoms with van der Waals surface area (Å²) in [5.74, 6) is 0.841. The topological polar surface area (TPSA) is 53.6 Å². The number of nitrogens with zero attached hydrogens (tertiary/aromatic N) is 2. The summed E-state index contributed by atoms with van der Waals surface area (Å²) in [7, 11) is 1.84. The van der Waals surface area contributed by atoms with Gasteiger partial charge in [0.15, 0.2) is 11.5 Å². The van der Waals surface area contributed by atoms with Crippen LogP contribution < -0.4 is 5.32 Å². The molecule has 12 heavy (non-hydrogen) atoms. The summed E-state index contributed by atoms with van der Waals surface area (Å²) in [6, 6.07) is 3.86. The predicted molar refractivity (Wildman–Crippen MR) is 50.7 cm³/mol. The molecule has 0 aromatic carbocycles. The third kappa shape index (κ3) is 1.21. The molecule has 0 unspecified atom stereocenters. The molecule has 0 bridgehead atoms. The van der Waals surface area contributed by atoms with E-state index in [1.54, 1.807) is 6.20 Å². The minimum atomic E-state index is 0. The second-order valence-corrected chi connectivity index (χ2v) is 2.22. The van der Waals surface area contributed by atoms with Gasteiger partial charge in [-0.15, -0.1) is 12.4 Å². The van der Waals surface area contributed by atoms with Gasteiger partial charge in [-0.1, -0.05) is 0 Å². The van der Waals surface area contributed by atoms with E-state index in [0.717, 1.165) is 16.9 Å². The maximum atomic E-state index is 4.09. The SMILES string of the molecule is CNc1n[nH]c2ncccc12.Cl. The molecule has 4 nitrogen and oxygen atoms in total. The lowest BCUT2D eigenvalue weighted by Crippen LogP contribution is -1.87. The lowest BCUT2D eigenvalue weighted by Gasteiger charge is -1.90. The molecule has 2 rings (SSSR count). The first-order chi connectivity index (χ1) is 5.42. The first kappa shape index (κ1) is 8.80. The van der Waals surface area contributed by atoms with Crippen LogP contribution in [0.1, 0.15) is 0 Å². The highest BCUT2D eigenvalue weighted by Crippen LogP contribution is 2.16. The summed E-state index contributed by atoms with van der Waals surface area (Å²) >= 11 is 0. The third-order valence-corrected chi connectivity index (χ3v) is 1.57. The van der Waals surface area contributed by atoms with Crippen molar-refractivity contribution in [1.82, 2.24) is 15.2 Å². The lowest BCUT2D eigenvalue weighted by atomic mass is 10.3. The predicted octanol–water partition coefficient (Wildman–Crippen LogP) is 1.42. The molecule has 2 heterocycles. The zero-order chi connectivity index (χ0) is 7.68. The average Bonchev–Trinajstić information content (AvgIpc) is 2.47. The van der Waals surface area contributed by atoms with E-state index in [1.165, 1.54) is 0 Å². The summed E-state index contributed by atoms with van der Waals surface area (Å²) in [6.45, 7) is 0. The minimum absolute atomic E-state index is 0. The van der Waals surface area contributed by atoms with Crippen molar-refractivity contribution in [2.24, 2.45) is 0 Å². The fraction of sp³-hybridized carbons (Fsp3) is 0.143. The van der Waals surface area contributed by atoms with E-state index in [-0.39, 0.29) is 12.4 Å². The molecule has 0 atom stereocenters. The fourth-order valence-electron chi connectivity index (χ4n) is 1.05. The van der Waals surface area contributed by atoms with Crippen molar-refractivity contribution in [3.8, 4) is 0 Å². The van der Waals surface area contributed by atoms with Crippen molar-refractivity contribution in [3.63, 3.8) is 0 Å². The Balaban J connectivity index is 0.000000720. The molecule has 64 valence electrons. The second kappa shape index (κ2) is 3.40. The number of hydrogen-bond donors (Lipinski definition) is 2. The summed E-state index contributed by atoms with van der Waals surface area (Å²) in [4.78, 5) is 4.09. The number of aromatic amines is 1. The van der Waals surface area contributed by atoms with Crippen molar-refractivity contribution < 1.29 is 0 Å². The van der Waals surface area contributed by atoms with Crippen molar-refractivity contribution in [2.75, 3.05) is 12.4 Å². The van der Waals surface area contributed by atoms with Gasteiger partial charge in [0.1, 0.15) is 0 Å². The molecule has 0 aliphatic heterocycles. The molecule has 0 saturated heterocycles. The highest BCUT2D eigenvalue weighted by atomic mass is 35.5. The number of hydrogen-bond acceptors (Lipinski definition) is 3.